The van der Waals surface area contributed by atoms with Crippen molar-refractivity contribution in [3.05, 3.63) is 30.6 Å². The zero-order valence-electron chi connectivity index (χ0n) is 9.39. The lowest BCUT2D eigenvalue weighted by Gasteiger charge is -2.23. The molecule has 1 fully saturated rings. The molecule has 2 aromatic rings. The number of piperidine rings is 1. The van der Waals surface area contributed by atoms with E-state index in [-0.39, 0.29) is 0 Å². The Labute approximate surface area is 95.5 Å². The van der Waals surface area contributed by atoms with Gasteiger partial charge >= 0.3 is 0 Å². The molecule has 1 aromatic carbocycles. The molecule has 1 aromatic heterocycles. The zero-order chi connectivity index (χ0) is 10.8. The van der Waals surface area contributed by atoms with Gasteiger partial charge in [0.2, 0.25) is 0 Å². The lowest BCUT2D eigenvalue weighted by molar-refractivity contribution is 0.340. The number of hydrogen-bond donors (Lipinski definition) is 1. The summed E-state index contributed by atoms with van der Waals surface area (Å²) < 4.78 is 2.28. The summed E-state index contributed by atoms with van der Waals surface area (Å²) in [5.41, 5.74) is 2.36. The molecule has 3 nitrogen and oxygen atoms in total. The Hall–Kier alpha value is -1.35. The van der Waals surface area contributed by atoms with Gasteiger partial charge in [-0.15, -0.1) is 0 Å². The molecule has 3 heteroatoms. The number of hydrogen-bond acceptors (Lipinski definition) is 2. The Morgan fingerprint density at radius 2 is 2.31 bits per heavy atom. The molecule has 1 aliphatic rings. The molecule has 0 aliphatic carbocycles. The van der Waals surface area contributed by atoms with Crippen LogP contribution in [-0.2, 0) is 6.54 Å². The van der Waals surface area contributed by atoms with Crippen molar-refractivity contribution >= 4 is 11.0 Å². The van der Waals surface area contributed by atoms with E-state index < -0.39 is 0 Å². The van der Waals surface area contributed by atoms with E-state index >= 15 is 0 Å². The first-order chi connectivity index (χ1) is 7.93. The Kier molecular flexibility index (Phi) is 2.62. The van der Waals surface area contributed by atoms with Crippen LogP contribution in [0.5, 0.6) is 0 Å². The monoisotopic (exact) mass is 215 g/mol. The quantitative estimate of drug-likeness (QED) is 0.830. The van der Waals surface area contributed by atoms with E-state index in [1.165, 1.54) is 24.9 Å². The Bertz CT molecular complexity index is 469. The largest absolute Gasteiger partial charge is 0.330 e. The molecule has 0 unspecified atom stereocenters. The third-order valence-electron chi connectivity index (χ3n) is 3.38. The van der Waals surface area contributed by atoms with Gasteiger partial charge in [-0.05, 0) is 44.0 Å². The van der Waals surface area contributed by atoms with Gasteiger partial charge in [0.05, 0.1) is 17.4 Å². The topological polar surface area (TPSA) is 29.9 Å². The van der Waals surface area contributed by atoms with Crippen molar-refractivity contribution in [2.75, 3.05) is 13.1 Å². The van der Waals surface area contributed by atoms with E-state index in [0.29, 0.717) is 0 Å². The summed E-state index contributed by atoms with van der Waals surface area (Å²) >= 11 is 0. The first-order valence-electron chi connectivity index (χ1n) is 6.04. The smallest absolute Gasteiger partial charge is 0.0958 e. The standard InChI is InChI=1S/C13H17N3/c1-2-6-13-12(5-1)15-10-16(13)9-11-4-3-7-14-8-11/h1-2,5-6,10-11,14H,3-4,7-9H2/t11-/m0/s1. The molecule has 1 atom stereocenters. The minimum atomic E-state index is 0.756. The molecule has 0 amide bonds. The van der Waals surface area contributed by atoms with Gasteiger partial charge < -0.3 is 9.88 Å². The van der Waals surface area contributed by atoms with E-state index in [1.54, 1.807) is 0 Å². The molecule has 1 N–H and O–H groups in total. The fourth-order valence-electron chi connectivity index (χ4n) is 2.51. The molecule has 84 valence electrons. The van der Waals surface area contributed by atoms with Crippen molar-refractivity contribution in [1.82, 2.24) is 14.9 Å². The van der Waals surface area contributed by atoms with Crippen LogP contribution in [0.15, 0.2) is 30.6 Å². The second kappa shape index (κ2) is 4.26. The fraction of sp³-hybridized carbons (Fsp3) is 0.462. The summed E-state index contributed by atoms with van der Waals surface area (Å²) in [4.78, 5) is 4.43. The Morgan fingerprint density at radius 1 is 1.38 bits per heavy atom. The second-order valence-corrected chi connectivity index (χ2v) is 4.60. The maximum absolute atomic E-state index is 4.43. The van der Waals surface area contributed by atoms with Gasteiger partial charge in [0.15, 0.2) is 0 Å². The van der Waals surface area contributed by atoms with Crippen LogP contribution in [0, 0.1) is 5.92 Å². The summed E-state index contributed by atoms with van der Waals surface area (Å²) in [6.07, 6.45) is 4.61. The minimum Gasteiger partial charge on any atom is -0.330 e. The first kappa shape index (κ1) is 9.85. The maximum Gasteiger partial charge on any atom is 0.0958 e. The normalized spacial score (nSPS) is 21.4. The summed E-state index contributed by atoms with van der Waals surface area (Å²) in [7, 11) is 0. The van der Waals surface area contributed by atoms with Gasteiger partial charge in [-0.3, -0.25) is 0 Å². The van der Waals surface area contributed by atoms with Gasteiger partial charge in [0.25, 0.3) is 0 Å². The molecule has 3 rings (SSSR count). The summed E-state index contributed by atoms with van der Waals surface area (Å²) in [6, 6.07) is 8.35. The molecule has 2 heterocycles. The van der Waals surface area contributed by atoms with E-state index in [2.05, 4.69) is 33.1 Å². The highest BCUT2D eigenvalue weighted by Gasteiger charge is 2.14. The van der Waals surface area contributed by atoms with Crippen molar-refractivity contribution in [2.24, 2.45) is 5.92 Å². The average Bonchev–Trinajstić information content (AvgIpc) is 2.74. The van der Waals surface area contributed by atoms with Gasteiger partial charge in [-0.1, -0.05) is 12.1 Å². The zero-order valence-corrected chi connectivity index (χ0v) is 9.39. The third-order valence-corrected chi connectivity index (χ3v) is 3.38. The van der Waals surface area contributed by atoms with Crippen molar-refractivity contribution in [3.8, 4) is 0 Å². The lowest BCUT2D eigenvalue weighted by Crippen LogP contribution is -2.32. The van der Waals surface area contributed by atoms with Crippen LogP contribution < -0.4 is 5.32 Å². The molecule has 1 aliphatic heterocycles. The van der Waals surface area contributed by atoms with E-state index in [1.807, 2.05) is 12.4 Å². The molecule has 0 saturated carbocycles. The van der Waals surface area contributed by atoms with E-state index in [9.17, 15) is 0 Å². The maximum atomic E-state index is 4.43. The molecular weight excluding hydrogens is 198 g/mol. The number of nitrogens with one attached hydrogen (secondary N) is 1. The lowest BCUT2D eigenvalue weighted by atomic mass is 10.00. The summed E-state index contributed by atoms with van der Waals surface area (Å²) in [5, 5.41) is 3.46. The highest BCUT2D eigenvalue weighted by molar-refractivity contribution is 5.74. The Morgan fingerprint density at radius 3 is 3.19 bits per heavy atom. The van der Waals surface area contributed by atoms with Crippen LogP contribution in [-0.4, -0.2) is 22.6 Å². The second-order valence-electron chi connectivity index (χ2n) is 4.60. The van der Waals surface area contributed by atoms with Gasteiger partial charge in [0.1, 0.15) is 0 Å². The number of para-hydroxylation sites is 2. The number of rotatable bonds is 2. The van der Waals surface area contributed by atoms with Crippen molar-refractivity contribution in [3.63, 3.8) is 0 Å². The van der Waals surface area contributed by atoms with Crippen molar-refractivity contribution in [2.45, 2.75) is 19.4 Å². The average molecular weight is 215 g/mol. The minimum absolute atomic E-state index is 0.756. The van der Waals surface area contributed by atoms with Crippen molar-refractivity contribution < 1.29 is 0 Å². The predicted molar refractivity (Wildman–Crippen MR) is 65.3 cm³/mol. The molecule has 0 radical (unpaired) electrons. The van der Waals surface area contributed by atoms with Crippen LogP contribution in [0.4, 0.5) is 0 Å². The molecule has 0 bridgehead atoms. The van der Waals surface area contributed by atoms with Crippen LogP contribution in [0.1, 0.15) is 12.8 Å². The summed E-state index contributed by atoms with van der Waals surface area (Å²) in [6.45, 7) is 3.42. The predicted octanol–water partition coefficient (Wildman–Crippen LogP) is 2.04. The Balaban J connectivity index is 1.83. The number of nitrogens with zero attached hydrogens (tertiary/aromatic N) is 2. The number of benzene rings is 1. The first-order valence-corrected chi connectivity index (χ1v) is 6.04. The number of imidazole rings is 1. The summed E-state index contributed by atoms with van der Waals surface area (Å²) in [5.74, 6) is 0.756. The van der Waals surface area contributed by atoms with Crippen LogP contribution >= 0.6 is 0 Å². The van der Waals surface area contributed by atoms with Gasteiger partial charge in [-0.25, -0.2) is 4.98 Å². The fourth-order valence-corrected chi connectivity index (χ4v) is 2.51. The van der Waals surface area contributed by atoms with E-state index in [0.717, 1.165) is 24.5 Å². The highest BCUT2D eigenvalue weighted by Crippen LogP contribution is 2.17. The molecule has 1 saturated heterocycles. The van der Waals surface area contributed by atoms with Gasteiger partial charge in [-0.2, -0.15) is 0 Å². The number of fused-ring (bicyclic) bond motifs is 1. The molecule has 0 spiro atoms. The highest BCUT2D eigenvalue weighted by atomic mass is 15.1. The van der Waals surface area contributed by atoms with Crippen molar-refractivity contribution in [1.29, 1.82) is 0 Å². The third kappa shape index (κ3) is 1.83. The van der Waals surface area contributed by atoms with Crippen LogP contribution in [0.2, 0.25) is 0 Å². The van der Waals surface area contributed by atoms with Crippen LogP contribution in [0.3, 0.4) is 0 Å². The van der Waals surface area contributed by atoms with Gasteiger partial charge in [0, 0.05) is 6.54 Å². The van der Waals surface area contributed by atoms with Crippen LogP contribution in [0.25, 0.3) is 11.0 Å². The number of aromatic nitrogens is 2. The molecule has 16 heavy (non-hydrogen) atoms. The molecular formula is C13H17N3. The SMILES string of the molecule is c1ccc2c(c1)ncn2C[C@H]1CCCNC1. The van der Waals surface area contributed by atoms with E-state index in [4.69, 9.17) is 0 Å².